The van der Waals surface area contributed by atoms with E-state index in [1.807, 2.05) is 0 Å². The second-order valence-electron chi connectivity index (χ2n) is 6.96. The van der Waals surface area contributed by atoms with Gasteiger partial charge >= 0.3 is 5.97 Å². The minimum Gasteiger partial charge on any atom is -0.507 e. The summed E-state index contributed by atoms with van der Waals surface area (Å²) in [6.45, 7) is 2.63. The first-order chi connectivity index (χ1) is 15.2. The zero-order valence-electron chi connectivity index (χ0n) is 17.6. The van der Waals surface area contributed by atoms with Crippen molar-refractivity contribution in [2.45, 2.75) is 17.9 Å². The molecule has 2 aromatic carbocycles. The van der Waals surface area contributed by atoms with Crippen molar-refractivity contribution < 1.29 is 37.3 Å². The van der Waals surface area contributed by atoms with Gasteiger partial charge in [0.1, 0.15) is 17.1 Å². The highest BCUT2D eigenvalue weighted by Gasteiger charge is 2.26. The normalized spacial score (nSPS) is 15.6. The number of methoxy groups -OCH3 is 1. The Bertz CT molecular complexity index is 1080. The summed E-state index contributed by atoms with van der Waals surface area (Å²) in [4.78, 5) is 24.8. The first kappa shape index (κ1) is 23.5. The zero-order valence-corrected chi connectivity index (χ0v) is 18.4. The number of esters is 1. The Morgan fingerprint density at radius 1 is 1.12 bits per heavy atom. The number of benzene rings is 2. The molecule has 0 saturated carbocycles. The lowest BCUT2D eigenvalue weighted by atomic mass is 10.2. The lowest BCUT2D eigenvalue weighted by Crippen LogP contribution is -2.40. The predicted molar refractivity (Wildman–Crippen MR) is 114 cm³/mol. The van der Waals surface area contributed by atoms with Crippen molar-refractivity contribution in [1.29, 1.82) is 0 Å². The number of carbonyl (C=O) groups excluding carboxylic acids is 2. The van der Waals surface area contributed by atoms with E-state index in [4.69, 9.17) is 14.2 Å². The topological polar surface area (TPSA) is 131 Å². The van der Waals surface area contributed by atoms with E-state index in [0.29, 0.717) is 24.7 Å². The Labute approximate surface area is 185 Å². The first-order valence-electron chi connectivity index (χ1n) is 9.79. The highest BCUT2D eigenvalue weighted by Crippen LogP contribution is 2.24. The van der Waals surface area contributed by atoms with E-state index in [1.54, 1.807) is 0 Å². The lowest BCUT2D eigenvalue weighted by Gasteiger charge is -2.26. The number of phenolic OH excluding ortho intramolecular Hbond substituents is 1. The molecule has 0 radical (unpaired) electrons. The maximum atomic E-state index is 12.7. The van der Waals surface area contributed by atoms with Crippen molar-refractivity contribution >= 4 is 27.6 Å². The summed E-state index contributed by atoms with van der Waals surface area (Å²) in [6.07, 6.45) is -1.18. The number of carbonyl (C=O) groups is 2. The van der Waals surface area contributed by atoms with E-state index < -0.39 is 28.0 Å². The van der Waals surface area contributed by atoms with Crippen molar-refractivity contribution in [1.82, 2.24) is 4.31 Å². The number of hydrogen-bond donors (Lipinski definition) is 2. The molecular formula is C21H24N2O8S. The molecule has 2 aromatic rings. The molecule has 11 heteroatoms. The van der Waals surface area contributed by atoms with E-state index >= 15 is 0 Å². The quantitative estimate of drug-likeness (QED) is 0.591. The lowest BCUT2D eigenvalue weighted by molar-refractivity contribution is -0.123. The number of aromatic hydroxyl groups is 1. The molecule has 172 valence electrons. The standard InChI is InChI=1S/C21H24N2O8S/c1-14(31-21(26)18-13-16(29-2)5-8-19(18)24)20(25)22-15-3-6-17(7-4-15)32(27,28)23-9-11-30-12-10-23/h3-8,13-14,24H,9-12H2,1-2H3,(H,22,25). The average Bonchev–Trinajstić information content (AvgIpc) is 2.80. The highest BCUT2D eigenvalue weighted by molar-refractivity contribution is 7.89. The minimum absolute atomic E-state index is 0.102. The van der Waals surface area contributed by atoms with Crippen LogP contribution in [0.2, 0.25) is 0 Å². The van der Waals surface area contributed by atoms with Crippen LogP contribution in [-0.2, 0) is 24.3 Å². The van der Waals surface area contributed by atoms with Gasteiger partial charge in [0.15, 0.2) is 6.10 Å². The smallest absolute Gasteiger partial charge is 0.342 e. The summed E-state index contributed by atoms with van der Waals surface area (Å²) in [6, 6.07) is 9.76. The molecule has 0 bridgehead atoms. The van der Waals surface area contributed by atoms with Crippen molar-refractivity contribution in [2.24, 2.45) is 0 Å². The summed E-state index contributed by atoms with van der Waals surface area (Å²) in [5, 5.41) is 12.4. The Morgan fingerprint density at radius 2 is 1.78 bits per heavy atom. The number of ether oxygens (including phenoxy) is 3. The molecule has 1 aliphatic heterocycles. The summed E-state index contributed by atoms with van der Waals surface area (Å²) in [7, 11) is -2.23. The fraction of sp³-hybridized carbons (Fsp3) is 0.333. The Hall–Kier alpha value is -3.15. The summed E-state index contributed by atoms with van der Waals surface area (Å²) in [5.41, 5.74) is 0.199. The van der Waals surface area contributed by atoms with Gasteiger partial charge in [0.2, 0.25) is 10.0 Å². The van der Waals surface area contributed by atoms with Crippen molar-refractivity contribution in [3.05, 3.63) is 48.0 Å². The summed E-state index contributed by atoms with van der Waals surface area (Å²) in [5.74, 6) is -1.47. The molecule has 1 aliphatic rings. The number of anilines is 1. The molecule has 1 amide bonds. The fourth-order valence-corrected chi connectivity index (χ4v) is 4.38. The largest absolute Gasteiger partial charge is 0.507 e. The Balaban J connectivity index is 1.62. The van der Waals surface area contributed by atoms with Crippen LogP contribution in [-0.4, -0.2) is 69.2 Å². The van der Waals surface area contributed by atoms with E-state index in [2.05, 4.69) is 5.32 Å². The number of sulfonamides is 1. The molecule has 0 aromatic heterocycles. The zero-order chi connectivity index (χ0) is 23.3. The molecule has 10 nitrogen and oxygen atoms in total. The molecule has 1 unspecified atom stereocenters. The van der Waals surface area contributed by atoms with Gasteiger partial charge in [-0.15, -0.1) is 0 Å². The van der Waals surface area contributed by atoms with Crippen molar-refractivity contribution in [3.63, 3.8) is 0 Å². The highest BCUT2D eigenvalue weighted by atomic mass is 32.2. The van der Waals surface area contributed by atoms with Gasteiger partial charge in [-0.2, -0.15) is 4.31 Å². The van der Waals surface area contributed by atoms with Crippen molar-refractivity contribution in [3.8, 4) is 11.5 Å². The third kappa shape index (κ3) is 5.36. The van der Waals surface area contributed by atoms with E-state index in [-0.39, 0.29) is 29.3 Å². The van der Waals surface area contributed by atoms with Gasteiger partial charge in [0, 0.05) is 18.8 Å². The average molecular weight is 464 g/mol. The van der Waals surface area contributed by atoms with Crippen molar-refractivity contribution in [2.75, 3.05) is 38.7 Å². The van der Waals surface area contributed by atoms with Gasteiger partial charge in [-0.25, -0.2) is 13.2 Å². The second kappa shape index (κ2) is 9.98. The first-order valence-corrected chi connectivity index (χ1v) is 11.2. The molecule has 1 atom stereocenters. The fourth-order valence-electron chi connectivity index (χ4n) is 2.97. The van der Waals surface area contributed by atoms with Crippen LogP contribution in [0.25, 0.3) is 0 Å². The van der Waals surface area contributed by atoms with E-state index in [0.717, 1.165) is 0 Å². The van der Waals surface area contributed by atoms with Crippen LogP contribution in [0.3, 0.4) is 0 Å². The summed E-state index contributed by atoms with van der Waals surface area (Å²) >= 11 is 0. The molecule has 0 aliphatic carbocycles. The molecule has 0 spiro atoms. The Kier molecular flexibility index (Phi) is 7.33. The maximum absolute atomic E-state index is 12.7. The van der Waals surface area contributed by atoms with Gasteiger partial charge in [0.05, 0.1) is 25.2 Å². The molecule has 2 N–H and O–H groups in total. The second-order valence-corrected chi connectivity index (χ2v) is 8.90. The number of hydrogen-bond acceptors (Lipinski definition) is 8. The number of nitrogens with one attached hydrogen (secondary N) is 1. The third-order valence-electron chi connectivity index (χ3n) is 4.81. The number of rotatable bonds is 7. The third-order valence-corrected chi connectivity index (χ3v) is 6.72. The van der Waals surface area contributed by atoms with Crippen LogP contribution >= 0.6 is 0 Å². The summed E-state index contributed by atoms with van der Waals surface area (Å²) < 4.78 is 42.0. The van der Waals surface area contributed by atoms with Gasteiger partial charge < -0.3 is 24.6 Å². The van der Waals surface area contributed by atoms with Crippen LogP contribution in [0.15, 0.2) is 47.4 Å². The number of amides is 1. The van der Waals surface area contributed by atoms with E-state index in [1.165, 1.54) is 60.8 Å². The minimum atomic E-state index is -3.64. The molecule has 1 fully saturated rings. The molecule has 3 rings (SSSR count). The van der Waals surface area contributed by atoms with Crippen LogP contribution in [0.5, 0.6) is 11.5 Å². The number of phenols is 1. The molecular weight excluding hydrogens is 440 g/mol. The monoisotopic (exact) mass is 464 g/mol. The maximum Gasteiger partial charge on any atom is 0.342 e. The molecule has 1 saturated heterocycles. The van der Waals surface area contributed by atoms with Gasteiger partial charge in [0.25, 0.3) is 5.91 Å². The van der Waals surface area contributed by atoms with E-state index in [9.17, 15) is 23.1 Å². The molecule has 1 heterocycles. The SMILES string of the molecule is COc1ccc(O)c(C(=O)OC(C)C(=O)Nc2ccc(S(=O)(=O)N3CCOCC3)cc2)c1. The molecule has 32 heavy (non-hydrogen) atoms. The van der Waals surface area contributed by atoms with Crippen LogP contribution in [0, 0.1) is 0 Å². The van der Waals surface area contributed by atoms with Crippen LogP contribution < -0.4 is 10.1 Å². The van der Waals surface area contributed by atoms with Crippen LogP contribution in [0.4, 0.5) is 5.69 Å². The number of morpholine rings is 1. The predicted octanol–water partition coefficient (Wildman–Crippen LogP) is 1.61. The Morgan fingerprint density at radius 3 is 2.41 bits per heavy atom. The van der Waals surface area contributed by atoms with Gasteiger partial charge in [-0.1, -0.05) is 0 Å². The number of nitrogens with zero attached hydrogens (tertiary/aromatic N) is 1. The van der Waals surface area contributed by atoms with Gasteiger partial charge in [-0.3, -0.25) is 4.79 Å². The van der Waals surface area contributed by atoms with Crippen LogP contribution in [0.1, 0.15) is 17.3 Å². The van der Waals surface area contributed by atoms with Gasteiger partial charge in [-0.05, 0) is 49.4 Å².